The molecule has 0 saturated heterocycles. The fourth-order valence-corrected chi connectivity index (χ4v) is 3.21. The van der Waals surface area contributed by atoms with Crippen LogP contribution in [0.15, 0.2) is 51.4 Å². The summed E-state index contributed by atoms with van der Waals surface area (Å²) in [6.07, 6.45) is 0.422. The molecule has 0 spiro atoms. The van der Waals surface area contributed by atoms with Gasteiger partial charge in [0.1, 0.15) is 17.4 Å². The lowest BCUT2D eigenvalue weighted by molar-refractivity contribution is 0.599. The van der Waals surface area contributed by atoms with Gasteiger partial charge in [-0.2, -0.15) is 5.26 Å². The summed E-state index contributed by atoms with van der Waals surface area (Å²) in [6, 6.07) is 15.0. The number of hydrogen-bond donors (Lipinski definition) is 1. The van der Waals surface area contributed by atoms with Crippen molar-refractivity contribution in [1.82, 2.24) is 0 Å². The van der Waals surface area contributed by atoms with E-state index < -0.39 is 0 Å². The first kappa shape index (κ1) is 16.9. The monoisotopic (exact) mass is 420 g/mol. The van der Waals surface area contributed by atoms with Crippen LogP contribution in [0.3, 0.4) is 0 Å². The van der Waals surface area contributed by atoms with Crippen molar-refractivity contribution in [1.29, 1.82) is 5.26 Å². The van der Waals surface area contributed by atoms with E-state index in [0.29, 0.717) is 33.4 Å². The van der Waals surface area contributed by atoms with Gasteiger partial charge in [-0.3, -0.25) is 0 Å². The van der Waals surface area contributed by atoms with E-state index in [0.717, 1.165) is 15.6 Å². The van der Waals surface area contributed by atoms with Gasteiger partial charge in [0.05, 0.1) is 0 Å². The zero-order valence-corrected chi connectivity index (χ0v) is 15.4. The molecule has 0 fully saturated rings. The van der Waals surface area contributed by atoms with E-state index in [-0.39, 0.29) is 5.88 Å². The van der Waals surface area contributed by atoms with Crippen LogP contribution in [-0.4, -0.2) is 0 Å². The maximum Gasteiger partial charge on any atom is 0.209 e. The van der Waals surface area contributed by atoms with Gasteiger partial charge in [-0.05, 0) is 29.8 Å². The van der Waals surface area contributed by atoms with Gasteiger partial charge in [0.15, 0.2) is 0 Å². The van der Waals surface area contributed by atoms with Gasteiger partial charge in [0, 0.05) is 32.1 Å². The highest BCUT2D eigenvalue weighted by atomic mass is 79.9. The molecule has 0 bridgehead atoms. The van der Waals surface area contributed by atoms with Crippen molar-refractivity contribution in [3.8, 4) is 17.4 Å². The van der Waals surface area contributed by atoms with Crippen LogP contribution < -0.4 is 5.73 Å². The molecule has 3 nitrogen and oxygen atoms in total. The van der Waals surface area contributed by atoms with Crippen LogP contribution in [0, 0.1) is 11.3 Å². The zero-order chi connectivity index (χ0) is 17.3. The SMILES string of the molecule is N#Cc1c(N)oc(-c2ccc(Br)cc2)c1Cc1ccc(Cl)cc1Cl. The van der Waals surface area contributed by atoms with E-state index in [9.17, 15) is 5.26 Å². The first-order valence-corrected chi connectivity index (χ1v) is 8.55. The van der Waals surface area contributed by atoms with Crippen LogP contribution in [0.1, 0.15) is 16.7 Å². The summed E-state index contributed by atoms with van der Waals surface area (Å²) in [6.45, 7) is 0. The van der Waals surface area contributed by atoms with Crippen molar-refractivity contribution >= 4 is 45.0 Å². The second kappa shape index (κ2) is 6.90. The molecule has 3 aromatic rings. The molecule has 0 aliphatic rings. The predicted molar refractivity (Wildman–Crippen MR) is 100 cm³/mol. The summed E-state index contributed by atoms with van der Waals surface area (Å²) < 4.78 is 6.62. The quantitative estimate of drug-likeness (QED) is 0.558. The van der Waals surface area contributed by atoms with Gasteiger partial charge in [0.25, 0.3) is 0 Å². The minimum Gasteiger partial charge on any atom is -0.439 e. The average molecular weight is 422 g/mol. The number of rotatable bonds is 3. The lowest BCUT2D eigenvalue weighted by Gasteiger charge is -2.06. The fourth-order valence-electron chi connectivity index (χ4n) is 2.47. The normalized spacial score (nSPS) is 10.6. The average Bonchev–Trinajstić information content (AvgIpc) is 2.86. The molecule has 2 N–H and O–H groups in total. The van der Waals surface area contributed by atoms with Crippen LogP contribution >= 0.6 is 39.1 Å². The summed E-state index contributed by atoms with van der Waals surface area (Å²) in [4.78, 5) is 0. The third-order valence-electron chi connectivity index (χ3n) is 3.63. The number of nitriles is 1. The first-order chi connectivity index (χ1) is 11.5. The van der Waals surface area contributed by atoms with E-state index in [1.807, 2.05) is 30.3 Å². The maximum atomic E-state index is 9.44. The Labute approximate surface area is 157 Å². The van der Waals surface area contributed by atoms with Crippen molar-refractivity contribution in [3.63, 3.8) is 0 Å². The molecule has 2 aromatic carbocycles. The van der Waals surface area contributed by atoms with Crippen molar-refractivity contribution < 1.29 is 4.42 Å². The molecule has 120 valence electrons. The molecule has 6 heteroatoms. The minimum atomic E-state index is 0.107. The highest BCUT2D eigenvalue weighted by Crippen LogP contribution is 2.36. The molecule has 0 unspecified atom stereocenters. The Bertz CT molecular complexity index is 943. The molecule has 3 rings (SSSR count). The van der Waals surface area contributed by atoms with Crippen molar-refractivity contribution in [3.05, 3.63) is 73.7 Å². The minimum absolute atomic E-state index is 0.107. The first-order valence-electron chi connectivity index (χ1n) is 7.00. The summed E-state index contributed by atoms with van der Waals surface area (Å²) in [5, 5.41) is 10.5. The molecule has 0 amide bonds. The van der Waals surface area contributed by atoms with E-state index in [4.69, 9.17) is 33.4 Å². The lowest BCUT2D eigenvalue weighted by atomic mass is 9.98. The Morgan fingerprint density at radius 2 is 1.83 bits per heavy atom. The summed E-state index contributed by atoms with van der Waals surface area (Å²) >= 11 is 15.6. The van der Waals surface area contributed by atoms with E-state index >= 15 is 0 Å². The Hall–Kier alpha value is -1.93. The number of nitrogens with two attached hydrogens (primary N) is 1. The number of nitrogens with zero attached hydrogens (tertiary/aromatic N) is 1. The van der Waals surface area contributed by atoms with Gasteiger partial charge in [0.2, 0.25) is 5.88 Å². The van der Waals surface area contributed by atoms with Crippen LogP contribution in [0.4, 0.5) is 5.88 Å². The molecular weight excluding hydrogens is 411 g/mol. The molecule has 1 aromatic heterocycles. The smallest absolute Gasteiger partial charge is 0.209 e. The highest BCUT2D eigenvalue weighted by Gasteiger charge is 2.21. The van der Waals surface area contributed by atoms with E-state index in [2.05, 4.69) is 22.0 Å². The number of benzene rings is 2. The van der Waals surface area contributed by atoms with Crippen LogP contribution in [0.5, 0.6) is 0 Å². The van der Waals surface area contributed by atoms with Gasteiger partial charge >= 0.3 is 0 Å². The van der Waals surface area contributed by atoms with Crippen molar-refractivity contribution in [2.45, 2.75) is 6.42 Å². The zero-order valence-electron chi connectivity index (χ0n) is 12.3. The van der Waals surface area contributed by atoms with Gasteiger partial charge in [-0.25, -0.2) is 0 Å². The molecule has 0 atom stereocenters. The molecule has 0 radical (unpaired) electrons. The molecule has 24 heavy (non-hydrogen) atoms. The summed E-state index contributed by atoms with van der Waals surface area (Å²) in [5.74, 6) is 0.679. The standard InChI is InChI=1S/C18H11BrCl2N2O/c19-12-4-1-10(2-5-12)17-14(15(9-22)18(23)24-17)7-11-3-6-13(20)8-16(11)21/h1-6,8H,7,23H2. The second-order valence-corrected chi connectivity index (χ2v) is 6.94. The second-order valence-electron chi connectivity index (χ2n) is 5.18. The Morgan fingerprint density at radius 3 is 2.46 bits per heavy atom. The number of hydrogen-bond acceptors (Lipinski definition) is 3. The number of furan rings is 1. The van der Waals surface area contributed by atoms with E-state index in [1.165, 1.54) is 0 Å². The Morgan fingerprint density at radius 1 is 1.12 bits per heavy atom. The van der Waals surface area contributed by atoms with Crippen molar-refractivity contribution in [2.24, 2.45) is 0 Å². The third kappa shape index (κ3) is 3.29. The van der Waals surface area contributed by atoms with E-state index in [1.54, 1.807) is 12.1 Å². The third-order valence-corrected chi connectivity index (χ3v) is 4.75. The number of halogens is 3. The largest absolute Gasteiger partial charge is 0.439 e. The van der Waals surface area contributed by atoms with Gasteiger partial charge in [-0.1, -0.05) is 57.3 Å². The van der Waals surface area contributed by atoms with Gasteiger partial charge in [-0.15, -0.1) is 0 Å². The highest BCUT2D eigenvalue weighted by molar-refractivity contribution is 9.10. The summed E-state index contributed by atoms with van der Waals surface area (Å²) in [7, 11) is 0. The molecule has 0 aliphatic heterocycles. The molecule has 0 saturated carbocycles. The summed E-state index contributed by atoms with van der Waals surface area (Å²) in [5.41, 5.74) is 8.61. The molecule has 1 heterocycles. The predicted octanol–water partition coefficient (Wildman–Crippen LogP) is 6.06. The maximum absolute atomic E-state index is 9.44. The fraction of sp³-hybridized carbons (Fsp3) is 0.0556. The number of anilines is 1. The molecule has 0 aliphatic carbocycles. The van der Waals surface area contributed by atoms with Crippen molar-refractivity contribution in [2.75, 3.05) is 5.73 Å². The lowest BCUT2D eigenvalue weighted by Crippen LogP contribution is -1.94. The molecular formula is C18H11BrCl2N2O. The number of nitrogen functional groups attached to an aromatic ring is 1. The Balaban J connectivity index is 2.12. The van der Waals surface area contributed by atoms with Crippen LogP contribution in [0.25, 0.3) is 11.3 Å². The van der Waals surface area contributed by atoms with Crippen LogP contribution in [0.2, 0.25) is 10.0 Å². The van der Waals surface area contributed by atoms with Crippen LogP contribution in [-0.2, 0) is 6.42 Å². The van der Waals surface area contributed by atoms with Gasteiger partial charge < -0.3 is 10.2 Å². The topological polar surface area (TPSA) is 63.0 Å². The Kier molecular flexibility index (Phi) is 4.86.